The molecule has 0 N–H and O–H groups in total. The molecule has 0 amide bonds. The second-order valence-corrected chi connectivity index (χ2v) is 6.82. The maximum absolute atomic E-state index is 2.65. The van der Waals surface area contributed by atoms with Crippen LogP contribution in [0.2, 0.25) is 0 Å². The van der Waals surface area contributed by atoms with Crippen LogP contribution in [0.3, 0.4) is 0 Å². The average Bonchev–Trinajstić information content (AvgIpc) is 2.01. The molecule has 0 aliphatic carbocycles. The Kier molecular flexibility index (Phi) is 3.30. The smallest absolute Gasteiger partial charge is 0.0125 e. The molecule has 1 aliphatic rings. The molecule has 0 bridgehead atoms. The normalized spacial score (nSPS) is 26.6. The maximum atomic E-state index is 2.65. The van der Waals surface area contributed by atoms with E-state index in [9.17, 15) is 0 Å². The molecule has 1 heterocycles. The summed E-state index contributed by atoms with van der Waals surface area (Å²) in [4.78, 5) is 2.65. The highest BCUT2D eigenvalue weighted by atomic mass is 15.2. The summed E-state index contributed by atoms with van der Waals surface area (Å²) in [5, 5.41) is 0. The summed E-state index contributed by atoms with van der Waals surface area (Å²) >= 11 is 0. The van der Waals surface area contributed by atoms with Crippen LogP contribution in [-0.2, 0) is 0 Å². The summed E-state index contributed by atoms with van der Waals surface area (Å²) < 4.78 is 0. The molecule has 0 spiro atoms. The molecule has 0 radical (unpaired) electrons. The summed E-state index contributed by atoms with van der Waals surface area (Å²) in [6.07, 6.45) is 2.79. The molecular weight excluding hydrogens is 170 g/mol. The molecule has 1 nitrogen and oxygen atoms in total. The van der Waals surface area contributed by atoms with Crippen molar-refractivity contribution in [2.75, 3.05) is 13.1 Å². The van der Waals surface area contributed by atoms with E-state index in [2.05, 4.69) is 46.4 Å². The third-order valence-corrected chi connectivity index (χ3v) is 3.59. The monoisotopic (exact) mass is 197 g/mol. The predicted molar refractivity (Wildman–Crippen MR) is 63.5 cm³/mol. The topological polar surface area (TPSA) is 3.24 Å². The van der Waals surface area contributed by atoms with Gasteiger partial charge in [-0.2, -0.15) is 0 Å². The highest BCUT2D eigenvalue weighted by molar-refractivity contribution is 4.86. The van der Waals surface area contributed by atoms with Crippen LogP contribution in [0.25, 0.3) is 0 Å². The molecule has 0 saturated carbocycles. The first-order valence-electron chi connectivity index (χ1n) is 5.96. The van der Waals surface area contributed by atoms with Crippen molar-refractivity contribution < 1.29 is 0 Å². The molecule has 1 aliphatic heterocycles. The minimum absolute atomic E-state index is 0.351. The SMILES string of the molecule is CC(C)(C)[C@@H]1CCCN(C(C)(C)C)C1. The highest BCUT2D eigenvalue weighted by Crippen LogP contribution is 2.35. The second-order valence-electron chi connectivity index (χ2n) is 6.82. The Morgan fingerprint density at radius 3 is 2.00 bits per heavy atom. The van der Waals surface area contributed by atoms with E-state index in [0.29, 0.717) is 11.0 Å². The third kappa shape index (κ3) is 2.98. The zero-order valence-electron chi connectivity index (χ0n) is 10.9. The molecule has 1 atom stereocenters. The van der Waals surface area contributed by atoms with Crippen molar-refractivity contribution in [1.82, 2.24) is 4.90 Å². The van der Waals surface area contributed by atoms with Gasteiger partial charge in [-0.1, -0.05) is 20.8 Å². The number of hydrogen-bond donors (Lipinski definition) is 0. The summed E-state index contributed by atoms with van der Waals surface area (Å²) in [7, 11) is 0. The quantitative estimate of drug-likeness (QED) is 0.574. The zero-order valence-corrected chi connectivity index (χ0v) is 10.9. The van der Waals surface area contributed by atoms with Crippen LogP contribution in [0, 0.1) is 11.3 Å². The molecule has 1 saturated heterocycles. The maximum Gasteiger partial charge on any atom is 0.0125 e. The molecule has 0 unspecified atom stereocenters. The molecule has 0 aromatic heterocycles. The van der Waals surface area contributed by atoms with Crippen molar-refractivity contribution in [2.45, 2.75) is 59.9 Å². The van der Waals surface area contributed by atoms with Crippen LogP contribution >= 0.6 is 0 Å². The van der Waals surface area contributed by atoms with Gasteiger partial charge in [0.15, 0.2) is 0 Å². The highest BCUT2D eigenvalue weighted by Gasteiger charge is 2.33. The van der Waals surface area contributed by atoms with Crippen molar-refractivity contribution in [2.24, 2.45) is 11.3 Å². The van der Waals surface area contributed by atoms with Gasteiger partial charge in [-0.3, -0.25) is 4.90 Å². The lowest BCUT2D eigenvalue weighted by atomic mass is 9.75. The summed E-state index contributed by atoms with van der Waals surface area (Å²) in [6.45, 7) is 16.7. The average molecular weight is 197 g/mol. The van der Waals surface area contributed by atoms with Crippen LogP contribution < -0.4 is 0 Å². The predicted octanol–water partition coefficient (Wildman–Crippen LogP) is 3.54. The van der Waals surface area contributed by atoms with E-state index >= 15 is 0 Å². The zero-order chi connectivity index (χ0) is 11.0. The number of likely N-dealkylation sites (tertiary alicyclic amines) is 1. The van der Waals surface area contributed by atoms with Gasteiger partial charge in [-0.05, 0) is 51.5 Å². The Morgan fingerprint density at radius 2 is 1.57 bits per heavy atom. The molecule has 1 fully saturated rings. The van der Waals surface area contributed by atoms with Gasteiger partial charge >= 0.3 is 0 Å². The van der Waals surface area contributed by atoms with Crippen LogP contribution in [0.15, 0.2) is 0 Å². The largest absolute Gasteiger partial charge is 0.298 e. The van der Waals surface area contributed by atoms with Crippen molar-refractivity contribution in [3.05, 3.63) is 0 Å². The van der Waals surface area contributed by atoms with Gasteiger partial charge in [0.05, 0.1) is 0 Å². The van der Waals surface area contributed by atoms with Crippen LogP contribution in [0.1, 0.15) is 54.4 Å². The number of hydrogen-bond acceptors (Lipinski definition) is 1. The Balaban J connectivity index is 2.61. The van der Waals surface area contributed by atoms with E-state index in [-0.39, 0.29) is 0 Å². The van der Waals surface area contributed by atoms with E-state index < -0.39 is 0 Å². The van der Waals surface area contributed by atoms with Gasteiger partial charge in [-0.25, -0.2) is 0 Å². The Bertz CT molecular complexity index is 162. The lowest BCUT2D eigenvalue weighted by molar-refractivity contribution is 0.0388. The fourth-order valence-corrected chi connectivity index (χ4v) is 2.29. The van der Waals surface area contributed by atoms with Gasteiger partial charge < -0.3 is 0 Å². The standard InChI is InChI=1S/C13H27N/c1-12(2,3)11-8-7-9-14(10-11)13(4,5)6/h11H,7-10H2,1-6H3/t11-/m1/s1. The third-order valence-electron chi connectivity index (χ3n) is 3.59. The summed E-state index contributed by atoms with van der Waals surface area (Å²) in [5.74, 6) is 0.871. The van der Waals surface area contributed by atoms with Crippen molar-refractivity contribution >= 4 is 0 Å². The van der Waals surface area contributed by atoms with Crippen LogP contribution in [-0.4, -0.2) is 23.5 Å². The van der Waals surface area contributed by atoms with Gasteiger partial charge in [0.25, 0.3) is 0 Å². The Morgan fingerprint density at radius 1 is 1.00 bits per heavy atom. The minimum Gasteiger partial charge on any atom is -0.298 e. The van der Waals surface area contributed by atoms with Crippen LogP contribution in [0.5, 0.6) is 0 Å². The van der Waals surface area contributed by atoms with Gasteiger partial charge in [0, 0.05) is 12.1 Å². The lowest BCUT2D eigenvalue weighted by Crippen LogP contribution is -2.49. The van der Waals surface area contributed by atoms with E-state index in [0.717, 1.165) is 5.92 Å². The van der Waals surface area contributed by atoms with Gasteiger partial charge in [0.2, 0.25) is 0 Å². The molecule has 84 valence electrons. The number of piperidine rings is 1. The fraction of sp³-hybridized carbons (Fsp3) is 1.00. The fourth-order valence-electron chi connectivity index (χ4n) is 2.29. The number of rotatable bonds is 0. The summed E-state index contributed by atoms with van der Waals surface area (Å²) in [5.41, 5.74) is 0.827. The van der Waals surface area contributed by atoms with Gasteiger partial charge in [0.1, 0.15) is 0 Å². The first kappa shape index (κ1) is 12.0. The minimum atomic E-state index is 0.351. The molecular formula is C13H27N. The van der Waals surface area contributed by atoms with E-state index in [1.54, 1.807) is 0 Å². The first-order chi connectivity index (χ1) is 6.21. The lowest BCUT2D eigenvalue weighted by Gasteiger charge is -2.45. The first-order valence-corrected chi connectivity index (χ1v) is 5.96. The van der Waals surface area contributed by atoms with E-state index in [1.165, 1.54) is 25.9 Å². The molecule has 0 aromatic carbocycles. The van der Waals surface area contributed by atoms with Crippen molar-refractivity contribution in [1.29, 1.82) is 0 Å². The molecule has 0 aromatic rings. The Hall–Kier alpha value is -0.0400. The Labute approximate surface area is 89.9 Å². The van der Waals surface area contributed by atoms with E-state index in [1.807, 2.05) is 0 Å². The van der Waals surface area contributed by atoms with Crippen molar-refractivity contribution in [3.8, 4) is 0 Å². The van der Waals surface area contributed by atoms with Crippen LogP contribution in [0.4, 0.5) is 0 Å². The second kappa shape index (κ2) is 3.84. The molecule has 1 rings (SSSR count). The molecule has 1 heteroatoms. The van der Waals surface area contributed by atoms with E-state index in [4.69, 9.17) is 0 Å². The summed E-state index contributed by atoms with van der Waals surface area (Å²) in [6, 6.07) is 0. The van der Waals surface area contributed by atoms with Gasteiger partial charge in [-0.15, -0.1) is 0 Å². The number of nitrogens with zero attached hydrogens (tertiary/aromatic N) is 1. The van der Waals surface area contributed by atoms with Crippen molar-refractivity contribution in [3.63, 3.8) is 0 Å². The molecule has 14 heavy (non-hydrogen) atoms.